The maximum absolute atomic E-state index is 12.6. The maximum atomic E-state index is 12.6. The minimum absolute atomic E-state index is 0.113. The van der Waals surface area contributed by atoms with Gasteiger partial charge in [0.05, 0.1) is 11.4 Å². The molecule has 2 rings (SSSR count). The molecule has 0 atom stereocenters. The van der Waals surface area contributed by atoms with Crippen molar-refractivity contribution in [3.8, 4) is 0 Å². The number of halogens is 1. The topological polar surface area (TPSA) is 72.2 Å². The average Bonchev–Trinajstić information content (AvgIpc) is 2.39. The molecule has 2 aromatic rings. The average molecular weight is 325 g/mol. The van der Waals surface area contributed by atoms with Crippen LogP contribution in [0, 0.1) is 20.8 Å². The van der Waals surface area contributed by atoms with Gasteiger partial charge in [-0.3, -0.25) is 4.72 Å². The molecule has 0 unspecified atom stereocenters. The molecule has 21 heavy (non-hydrogen) atoms. The fourth-order valence-electron chi connectivity index (χ4n) is 2.08. The first-order chi connectivity index (χ1) is 9.74. The third-order valence-electron chi connectivity index (χ3n) is 3.49. The Kier molecular flexibility index (Phi) is 4.16. The second-order valence-corrected chi connectivity index (χ2v) is 6.97. The van der Waals surface area contributed by atoms with E-state index in [2.05, 4.69) is 4.72 Å². The van der Waals surface area contributed by atoms with Crippen molar-refractivity contribution in [2.75, 3.05) is 10.5 Å². The van der Waals surface area contributed by atoms with E-state index in [1.54, 1.807) is 44.2 Å². The zero-order chi connectivity index (χ0) is 15.8. The number of sulfonamides is 1. The van der Waals surface area contributed by atoms with Crippen LogP contribution in [-0.4, -0.2) is 8.42 Å². The standard InChI is InChI=1S/C15H17ClN2O2S/c1-9-7-8-13(17)15(10(9)2)21(19,20)18-14-6-4-5-12(16)11(14)3/h4-8,18H,17H2,1-3H3. The van der Waals surface area contributed by atoms with Crippen molar-refractivity contribution in [2.24, 2.45) is 0 Å². The predicted octanol–water partition coefficient (Wildman–Crippen LogP) is 3.65. The van der Waals surface area contributed by atoms with Crippen LogP contribution in [0.15, 0.2) is 35.2 Å². The van der Waals surface area contributed by atoms with Crippen LogP contribution in [0.1, 0.15) is 16.7 Å². The number of hydrogen-bond donors (Lipinski definition) is 2. The second kappa shape index (κ2) is 5.58. The van der Waals surface area contributed by atoms with Gasteiger partial charge in [-0.1, -0.05) is 23.7 Å². The largest absolute Gasteiger partial charge is 0.398 e. The molecule has 0 aromatic heterocycles. The molecule has 112 valence electrons. The fourth-order valence-corrected chi connectivity index (χ4v) is 3.81. The summed E-state index contributed by atoms with van der Waals surface area (Å²) in [5.41, 5.74) is 8.71. The van der Waals surface area contributed by atoms with E-state index >= 15 is 0 Å². The normalized spacial score (nSPS) is 11.4. The minimum Gasteiger partial charge on any atom is -0.398 e. The summed E-state index contributed by atoms with van der Waals surface area (Å²) < 4.78 is 27.8. The van der Waals surface area contributed by atoms with Crippen LogP contribution in [-0.2, 0) is 10.0 Å². The van der Waals surface area contributed by atoms with E-state index in [1.807, 2.05) is 6.92 Å². The number of nitrogens with two attached hydrogens (primary N) is 1. The molecule has 6 heteroatoms. The predicted molar refractivity (Wildman–Crippen MR) is 87.3 cm³/mol. The molecule has 0 aliphatic carbocycles. The van der Waals surface area contributed by atoms with Crippen LogP contribution in [0.2, 0.25) is 5.02 Å². The molecule has 0 saturated heterocycles. The summed E-state index contributed by atoms with van der Waals surface area (Å²) >= 11 is 6.02. The highest BCUT2D eigenvalue weighted by atomic mass is 35.5. The lowest BCUT2D eigenvalue weighted by molar-refractivity contribution is 0.601. The van der Waals surface area contributed by atoms with Crippen molar-refractivity contribution in [3.63, 3.8) is 0 Å². The van der Waals surface area contributed by atoms with Gasteiger partial charge in [0.25, 0.3) is 10.0 Å². The fraction of sp³-hybridized carbons (Fsp3) is 0.200. The molecule has 0 aliphatic heterocycles. The summed E-state index contributed by atoms with van der Waals surface area (Å²) in [5, 5.41) is 0.504. The lowest BCUT2D eigenvalue weighted by Crippen LogP contribution is -2.17. The van der Waals surface area contributed by atoms with Crippen molar-refractivity contribution in [2.45, 2.75) is 25.7 Å². The summed E-state index contributed by atoms with van der Waals surface area (Å²) in [5.74, 6) is 0. The molecular weight excluding hydrogens is 308 g/mol. The number of nitrogen functional groups attached to an aromatic ring is 1. The molecule has 3 N–H and O–H groups in total. The molecular formula is C15H17ClN2O2S. The highest BCUT2D eigenvalue weighted by Gasteiger charge is 2.22. The molecule has 2 aromatic carbocycles. The molecule has 0 spiro atoms. The zero-order valence-corrected chi connectivity index (χ0v) is 13.6. The summed E-state index contributed by atoms with van der Waals surface area (Å²) in [4.78, 5) is 0.113. The first-order valence-electron chi connectivity index (χ1n) is 6.37. The maximum Gasteiger partial charge on any atom is 0.264 e. The van der Waals surface area contributed by atoms with E-state index in [9.17, 15) is 8.42 Å². The van der Waals surface area contributed by atoms with Gasteiger partial charge in [-0.25, -0.2) is 8.42 Å². The SMILES string of the molecule is Cc1ccc(N)c(S(=O)(=O)Nc2cccc(Cl)c2C)c1C. The van der Waals surface area contributed by atoms with Crippen LogP contribution >= 0.6 is 11.6 Å². The van der Waals surface area contributed by atoms with Crippen LogP contribution in [0.4, 0.5) is 11.4 Å². The Labute approximate surface area is 130 Å². The van der Waals surface area contributed by atoms with E-state index < -0.39 is 10.0 Å². The van der Waals surface area contributed by atoms with Crippen molar-refractivity contribution >= 4 is 33.0 Å². The summed E-state index contributed by atoms with van der Waals surface area (Å²) in [6.07, 6.45) is 0. The third-order valence-corrected chi connectivity index (χ3v) is 5.47. The molecule has 0 heterocycles. The van der Waals surface area contributed by atoms with E-state index in [0.29, 0.717) is 21.8 Å². The minimum atomic E-state index is -3.77. The van der Waals surface area contributed by atoms with E-state index in [4.69, 9.17) is 17.3 Å². The summed E-state index contributed by atoms with van der Waals surface area (Å²) in [6, 6.07) is 8.47. The zero-order valence-electron chi connectivity index (χ0n) is 12.1. The number of benzene rings is 2. The highest BCUT2D eigenvalue weighted by Crippen LogP contribution is 2.29. The first-order valence-corrected chi connectivity index (χ1v) is 8.24. The number of rotatable bonds is 3. The first kappa shape index (κ1) is 15.7. The molecule has 0 fully saturated rings. The second-order valence-electron chi connectivity index (χ2n) is 4.94. The lowest BCUT2D eigenvalue weighted by atomic mass is 10.1. The number of aryl methyl sites for hydroxylation is 1. The Morgan fingerprint density at radius 3 is 2.38 bits per heavy atom. The van der Waals surface area contributed by atoms with Crippen LogP contribution in [0.3, 0.4) is 0 Å². The van der Waals surface area contributed by atoms with Crippen molar-refractivity contribution in [1.29, 1.82) is 0 Å². The van der Waals surface area contributed by atoms with Crippen LogP contribution in [0.5, 0.6) is 0 Å². The number of anilines is 2. The van der Waals surface area contributed by atoms with Gasteiger partial charge in [0.1, 0.15) is 4.90 Å². The van der Waals surface area contributed by atoms with Crippen LogP contribution < -0.4 is 10.5 Å². The van der Waals surface area contributed by atoms with Gasteiger partial charge in [-0.2, -0.15) is 0 Å². The molecule has 0 bridgehead atoms. The Morgan fingerprint density at radius 2 is 1.71 bits per heavy atom. The number of nitrogens with one attached hydrogen (secondary N) is 1. The summed E-state index contributed by atoms with van der Waals surface area (Å²) in [6.45, 7) is 5.34. The van der Waals surface area contributed by atoms with E-state index in [0.717, 1.165) is 5.56 Å². The quantitative estimate of drug-likeness (QED) is 0.846. The number of hydrogen-bond acceptors (Lipinski definition) is 3. The smallest absolute Gasteiger partial charge is 0.264 e. The third kappa shape index (κ3) is 2.99. The molecule has 0 radical (unpaired) electrons. The molecule has 0 amide bonds. The van der Waals surface area contributed by atoms with E-state index in [1.165, 1.54) is 0 Å². The Morgan fingerprint density at radius 1 is 1.05 bits per heavy atom. The van der Waals surface area contributed by atoms with Crippen molar-refractivity contribution < 1.29 is 8.42 Å². The van der Waals surface area contributed by atoms with Gasteiger partial charge < -0.3 is 5.73 Å². The van der Waals surface area contributed by atoms with Crippen LogP contribution in [0.25, 0.3) is 0 Å². The Hall–Kier alpha value is -1.72. The van der Waals surface area contributed by atoms with Gasteiger partial charge in [-0.15, -0.1) is 0 Å². The Bertz CT molecular complexity index is 802. The summed E-state index contributed by atoms with van der Waals surface area (Å²) in [7, 11) is -3.77. The van der Waals surface area contributed by atoms with Gasteiger partial charge in [0.2, 0.25) is 0 Å². The van der Waals surface area contributed by atoms with E-state index in [-0.39, 0.29) is 10.6 Å². The highest BCUT2D eigenvalue weighted by molar-refractivity contribution is 7.93. The van der Waals surface area contributed by atoms with Gasteiger partial charge in [0.15, 0.2) is 0 Å². The van der Waals surface area contributed by atoms with Gasteiger partial charge in [0, 0.05) is 5.02 Å². The molecule has 4 nitrogen and oxygen atoms in total. The van der Waals surface area contributed by atoms with Crippen molar-refractivity contribution in [1.82, 2.24) is 0 Å². The lowest BCUT2D eigenvalue weighted by Gasteiger charge is -2.15. The van der Waals surface area contributed by atoms with Gasteiger partial charge >= 0.3 is 0 Å². The molecule has 0 saturated carbocycles. The molecule has 0 aliphatic rings. The Balaban J connectivity index is 2.54. The monoisotopic (exact) mass is 324 g/mol. The van der Waals surface area contributed by atoms with Crippen molar-refractivity contribution in [3.05, 3.63) is 52.0 Å². The van der Waals surface area contributed by atoms with Gasteiger partial charge in [-0.05, 0) is 55.7 Å².